The van der Waals surface area contributed by atoms with Gasteiger partial charge in [0, 0.05) is 55.6 Å². The SMILES string of the molecule is CC1(C)c2ccccc2-c2cccc(-c3ccc(N4c5ccccc5B5c6ccccc6N(c6cccc7c6oc6c8c(ccc67)-c6ccccc6C8(C)C)c6cccc4c65)cc3)c21. The molecule has 0 saturated carbocycles. The molecule has 4 heteroatoms. The van der Waals surface area contributed by atoms with Crippen molar-refractivity contribution in [2.75, 3.05) is 9.80 Å². The Bertz CT molecular complexity index is 3650. The van der Waals surface area contributed by atoms with Crippen LogP contribution in [0.5, 0.6) is 0 Å². The van der Waals surface area contributed by atoms with E-state index in [2.05, 4.69) is 226 Å². The Kier molecular flexibility index (Phi) is 7.05. The number of para-hydroxylation sites is 3. The maximum Gasteiger partial charge on any atom is 0.252 e. The van der Waals surface area contributed by atoms with Crippen molar-refractivity contribution in [3.8, 4) is 33.4 Å². The number of benzene rings is 9. The summed E-state index contributed by atoms with van der Waals surface area (Å²) in [5, 5.41) is 2.29. The van der Waals surface area contributed by atoms with E-state index in [-0.39, 0.29) is 17.5 Å². The molecule has 3 heterocycles. The van der Waals surface area contributed by atoms with Gasteiger partial charge in [0.1, 0.15) is 5.58 Å². The molecule has 64 heavy (non-hydrogen) atoms. The smallest absolute Gasteiger partial charge is 0.252 e. The molecule has 1 aromatic heterocycles. The first-order chi connectivity index (χ1) is 31.3. The quantitative estimate of drug-likeness (QED) is 0.166. The molecule has 0 saturated heterocycles. The number of furan rings is 1. The Morgan fingerprint density at radius 1 is 0.375 bits per heavy atom. The molecule has 2 aliphatic carbocycles. The first kappa shape index (κ1) is 36.0. The van der Waals surface area contributed by atoms with Crippen molar-refractivity contribution in [3.63, 3.8) is 0 Å². The van der Waals surface area contributed by atoms with Crippen molar-refractivity contribution in [1.29, 1.82) is 0 Å². The highest BCUT2D eigenvalue weighted by atomic mass is 16.3. The lowest BCUT2D eigenvalue weighted by Gasteiger charge is -2.44. The van der Waals surface area contributed by atoms with Crippen LogP contribution < -0.4 is 26.2 Å². The summed E-state index contributed by atoms with van der Waals surface area (Å²) in [5.74, 6) is 0. The molecule has 0 radical (unpaired) electrons. The molecule has 0 N–H and O–H groups in total. The minimum Gasteiger partial charge on any atom is -0.453 e. The fourth-order valence-corrected chi connectivity index (χ4v) is 12.5. The van der Waals surface area contributed by atoms with Gasteiger partial charge in [-0.3, -0.25) is 0 Å². The van der Waals surface area contributed by atoms with Gasteiger partial charge in [0.25, 0.3) is 6.71 Å². The Morgan fingerprint density at radius 3 is 1.59 bits per heavy atom. The monoisotopic (exact) mass is 818 g/mol. The van der Waals surface area contributed by atoms with E-state index in [9.17, 15) is 0 Å². The van der Waals surface area contributed by atoms with Gasteiger partial charge in [0.05, 0.1) is 5.69 Å². The second kappa shape index (κ2) is 12.5. The lowest BCUT2D eigenvalue weighted by Crippen LogP contribution is -2.61. The summed E-state index contributed by atoms with van der Waals surface area (Å²) in [5.41, 5.74) is 25.7. The van der Waals surface area contributed by atoms with Gasteiger partial charge in [-0.05, 0) is 115 Å². The van der Waals surface area contributed by atoms with Crippen LogP contribution in [0.1, 0.15) is 49.9 Å². The minimum absolute atomic E-state index is 0.0543. The minimum atomic E-state index is -0.193. The average Bonchev–Trinajstić information content (AvgIpc) is 3.91. The largest absolute Gasteiger partial charge is 0.453 e. The van der Waals surface area contributed by atoms with Crippen molar-refractivity contribution in [3.05, 3.63) is 210 Å². The zero-order valence-electron chi connectivity index (χ0n) is 36.3. The van der Waals surface area contributed by atoms with Crippen molar-refractivity contribution in [2.24, 2.45) is 0 Å². The number of nitrogens with zero attached hydrogens (tertiary/aromatic N) is 2. The molecule has 302 valence electrons. The fourth-order valence-electron chi connectivity index (χ4n) is 12.5. The van der Waals surface area contributed by atoms with Crippen molar-refractivity contribution in [2.45, 2.75) is 38.5 Å². The number of anilines is 6. The van der Waals surface area contributed by atoms with Gasteiger partial charge in [-0.2, -0.15) is 0 Å². The molecule has 0 atom stereocenters. The second-order valence-electron chi connectivity index (χ2n) is 19.2. The van der Waals surface area contributed by atoms with Crippen LogP contribution in [0.25, 0.3) is 55.3 Å². The van der Waals surface area contributed by atoms with Crippen LogP contribution in [0.15, 0.2) is 192 Å². The standard InChI is InChI=1S/C60H43BN2O/c1-59(2)45-21-7-5-16-39(45)41-19-13-18-38(54(41)59)36-30-32-37(33-31-36)62-49-25-11-9-23-47(49)61-48-24-10-12-26-50(48)63(52-28-15-27-51(62)56(52)61)53-29-14-20-43-44-35-34-42-40-17-6-8-22-46(40)60(3,4)55(42)58(44)64-57(43)53/h5-35H,1-4H3. The first-order valence-electron chi connectivity index (χ1n) is 22.6. The van der Waals surface area contributed by atoms with E-state index in [0.29, 0.717) is 0 Å². The summed E-state index contributed by atoms with van der Waals surface area (Å²) in [6.45, 7) is 9.48. The van der Waals surface area contributed by atoms with Gasteiger partial charge in [0.2, 0.25) is 0 Å². The van der Waals surface area contributed by atoms with Crippen molar-refractivity contribution < 1.29 is 4.42 Å². The zero-order chi connectivity index (χ0) is 42.6. The molecule has 0 spiro atoms. The van der Waals surface area contributed by atoms with Gasteiger partial charge in [-0.15, -0.1) is 0 Å². The molecule has 14 rings (SSSR count). The van der Waals surface area contributed by atoms with E-state index in [4.69, 9.17) is 4.42 Å². The predicted molar refractivity (Wildman–Crippen MR) is 268 cm³/mol. The van der Waals surface area contributed by atoms with E-state index in [1.54, 1.807) is 0 Å². The van der Waals surface area contributed by atoms with E-state index >= 15 is 0 Å². The van der Waals surface area contributed by atoms with Crippen LogP contribution in [-0.4, -0.2) is 6.71 Å². The Hall–Kier alpha value is -7.56. The molecule has 9 aromatic carbocycles. The zero-order valence-corrected chi connectivity index (χ0v) is 36.3. The molecule has 3 nitrogen and oxygen atoms in total. The van der Waals surface area contributed by atoms with Crippen molar-refractivity contribution in [1.82, 2.24) is 0 Å². The maximum atomic E-state index is 7.28. The molecule has 10 aromatic rings. The van der Waals surface area contributed by atoms with Crippen LogP contribution in [0.4, 0.5) is 34.1 Å². The highest BCUT2D eigenvalue weighted by molar-refractivity contribution is 7.00. The van der Waals surface area contributed by atoms with Gasteiger partial charge in [0.15, 0.2) is 5.58 Å². The molecule has 0 amide bonds. The Morgan fingerprint density at radius 2 is 0.875 bits per heavy atom. The predicted octanol–water partition coefficient (Wildman–Crippen LogP) is 13.9. The van der Waals surface area contributed by atoms with E-state index in [0.717, 1.165) is 33.3 Å². The third-order valence-electron chi connectivity index (χ3n) is 15.2. The molecule has 2 aliphatic heterocycles. The van der Waals surface area contributed by atoms with Gasteiger partial charge in [-0.25, -0.2) is 0 Å². The van der Waals surface area contributed by atoms with Crippen LogP contribution in [0.2, 0.25) is 0 Å². The maximum absolute atomic E-state index is 7.28. The van der Waals surface area contributed by atoms with Crippen molar-refractivity contribution >= 4 is 79.2 Å². The molecular formula is C60H43BN2O. The third kappa shape index (κ3) is 4.52. The highest BCUT2D eigenvalue weighted by Crippen LogP contribution is 2.55. The normalized spacial score (nSPS) is 15.3. The molecular weight excluding hydrogens is 775 g/mol. The molecule has 0 fully saturated rings. The van der Waals surface area contributed by atoms with Crippen LogP contribution in [0.3, 0.4) is 0 Å². The van der Waals surface area contributed by atoms with Crippen LogP contribution in [0, 0.1) is 0 Å². The van der Waals surface area contributed by atoms with E-state index in [1.165, 1.54) is 94.8 Å². The summed E-state index contributed by atoms with van der Waals surface area (Å²) in [4.78, 5) is 4.96. The van der Waals surface area contributed by atoms with Crippen LogP contribution >= 0.6 is 0 Å². The molecule has 4 aliphatic rings. The number of hydrogen-bond donors (Lipinski definition) is 0. The number of rotatable bonds is 3. The topological polar surface area (TPSA) is 19.6 Å². The summed E-state index contributed by atoms with van der Waals surface area (Å²) in [6, 6.07) is 70.0. The number of fused-ring (bicyclic) bond motifs is 14. The van der Waals surface area contributed by atoms with Gasteiger partial charge in [-0.1, -0.05) is 167 Å². The Labute approximate surface area is 373 Å². The lowest BCUT2D eigenvalue weighted by atomic mass is 9.33. The van der Waals surface area contributed by atoms with Crippen LogP contribution in [-0.2, 0) is 10.8 Å². The third-order valence-corrected chi connectivity index (χ3v) is 15.2. The Balaban J connectivity index is 0.945. The second-order valence-corrected chi connectivity index (χ2v) is 19.2. The van der Waals surface area contributed by atoms with E-state index in [1.807, 2.05) is 0 Å². The summed E-state index contributed by atoms with van der Waals surface area (Å²) < 4.78 is 7.28. The highest BCUT2D eigenvalue weighted by Gasteiger charge is 2.44. The van der Waals surface area contributed by atoms with Gasteiger partial charge >= 0.3 is 0 Å². The summed E-state index contributed by atoms with van der Waals surface area (Å²) >= 11 is 0. The summed E-state index contributed by atoms with van der Waals surface area (Å²) in [7, 11) is 0. The average molecular weight is 819 g/mol. The lowest BCUT2D eigenvalue weighted by molar-refractivity contribution is 0.620. The van der Waals surface area contributed by atoms with E-state index < -0.39 is 0 Å². The fraction of sp³-hybridized carbons (Fsp3) is 0.100. The summed E-state index contributed by atoms with van der Waals surface area (Å²) in [6.07, 6.45) is 0. The molecule has 0 unspecified atom stereocenters. The van der Waals surface area contributed by atoms with Gasteiger partial charge < -0.3 is 14.2 Å². The molecule has 0 bridgehead atoms. The number of hydrogen-bond acceptors (Lipinski definition) is 3. The first-order valence-corrected chi connectivity index (χ1v) is 22.6.